The largest absolute Gasteiger partial charge is 0.503 e. The molecule has 0 saturated carbocycles. The minimum atomic E-state index is -0.0194. The van der Waals surface area contributed by atoms with Crippen molar-refractivity contribution in [1.29, 1.82) is 0 Å². The monoisotopic (exact) mass is 268 g/mol. The molecule has 100 valence electrons. The molecule has 5 heteroatoms. The average molecular weight is 268 g/mol. The van der Waals surface area contributed by atoms with Crippen LogP contribution >= 0.6 is 0 Å². The third-order valence-corrected chi connectivity index (χ3v) is 3.90. The molecule has 1 aliphatic heterocycles. The zero-order chi connectivity index (χ0) is 13.9. The molecular weight excluding hydrogens is 256 g/mol. The van der Waals surface area contributed by atoms with E-state index in [0.717, 1.165) is 22.0 Å². The van der Waals surface area contributed by atoms with Gasteiger partial charge in [-0.05, 0) is 18.2 Å². The number of carbonyl (C=O) groups is 1. The van der Waals surface area contributed by atoms with Gasteiger partial charge < -0.3 is 9.84 Å². The van der Waals surface area contributed by atoms with Crippen LogP contribution in [0.4, 0.5) is 0 Å². The van der Waals surface area contributed by atoms with Crippen molar-refractivity contribution in [2.75, 3.05) is 7.11 Å². The smallest absolute Gasteiger partial charge is 0.232 e. The number of aromatic hydroxyl groups is 1. The molecule has 0 aliphatic carbocycles. The molecule has 0 unspecified atom stereocenters. The molecule has 4 rings (SSSR count). The molecule has 0 saturated heterocycles. The van der Waals surface area contributed by atoms with Crippen molar-refractivity contribution < 1.29 is 14.6 Å². The van der Waals surface area contributed by atoms with Gasteiger partial charge in [0.2, 0.25) is 5.91 Å². The van der Waals surface area contributed by atoms with E-state index in [1.807, 2.05) is 12.1 Å². The number of carbonyl (C=O) groups excluding carboxylic acids is 1. The summed E-state index contributed by atoms with van der Waals surface area (Å²) >= 11 is 0. The lowest BCUT2D eigenvalue weighted by molar-refractivity contribution is 0.0907. The highest BCUT2D eigenvalue weighted by molar-refractivity contribution is 6.16. The van der Waals surface area contributed by atoms with Gasteiger partial charge >= 0.3 is 0 Å². The van der Waals surface area contributed by atoms with E-state index in [1.54, 1.807) is 16.8 Å². The molecule has 1 aromatic carbocycles. The van der Waals surface area contributed by atoms with Crippen LogP contribution < -0.4 is 4.74 Å². The first kappa shape index (κ1) is 11.3. The Labute approximate surface area is 114 Å². The highest BCUT2D eigenvalue weighted by Gasteiger charge is 2.26. The molecule has 0 atom stereocenters. The molecule has 2 aromatic heterocycles. The zero-order valence-corrected chi connectivity index (χ0v) is 10.9. The predicted octanol–water partition coefficient (Wildman–Crippen LogP) is 2.49. The van der Waals surface area contributed by atoms with E-state index in [1.165, 1.54) is 7.11 Å². The number of aryl methyl sites for hydroxylation is 1. The van der Waals surface area contributed by atoms with Gasteiger partial charge in [-0.3, -0.25) is 14.3 Å². The second kappa shape index (κ2) is 3.72. The summed E-state index contributed by atoms with van der Waals surface area (Å²) in [6.45, 7) is 0. The predicted molar refractivity (Wildman–Crippen MR) is 74.4 cm³/mol. The molecule has 3 heterocycles. The van der Waals surface area contributed by atoms with Gasteiger partial charge in [-0.2, -0.15) is 0 Å². The molecule has 3 aromatic rings. The standard InChI is InChI=1S/C15H12N2O3/c1-20-11-4-2-8-9-6-7-16-10-3-5-12(18)17(13(9)10)14(8)15(11)19/h2,4,6-7,19H,3,5H2,1H3. The first-order chi connectivity index (χ1) is 9.72. The first-order valence-electron chi connectivity index (χ1n) is 6.43. The Balaban J connectivity index is 2.31. The highest BCUT2D eigenvalue weighted by Crippen LogP contribution is 2.41. The van der Waals surface area contributed by atoms with Crippen molar-refractivity contribution >= 4 is 27.7 Å². The second-order valence-corrected chi connectivity index (χ2v) is 4.90. The molecule has 5 nitrogen and oxygen atoms in total. The van der Waals surface area contributed by atoms with Gasteiger partial charge in [-0.15, -0.1) is 0 Å². The van der Waals surface area contributed by atoms with Crippen LogP contribution in [0, 0.1) is 0 Å². The lowest BCUT2D eigenvalue weighted by atomic mass is 10.1. The maximum Gasteiger partial charge on any atom is 0.232 e. The number of hydrogen-bond acceptors (Lipinski definition) is 4. The van der Waals surface area contributed by atoms with Crippen LogP contribution in [0.15, 0.2) is 24.4 Å². The van der Waals surface area contributed by atoms with E-state index in [2.05, 4.69) is 4.98 Å². The van der Waals surface area contributed by atoms with E-state index >= 15 is 0 Å². The van der Waals surface area contributed by atoms with E-state index in [-0.39, 0.29) is 11.7 Å². The van der Waals surface area contributed by atoms with Gasteiger partial charge in [0.15, 0.2) is 11.5 Å². The van der Waals surface area contributed by atoms with Crippen molar-refractivity contribution in [3.8, 4) is 11.5 Å². The van der Waals surface area contributed by atoms with Crippen LogP contribution in [0.2, 0.25) is 0 Å². The third-order valence-electron chi connectivity index (χ3n) is 3.90. The van der Waals surface area contributed by atoms with Crippen molar-refractivity contribution in [1.82, 2.24) is 9.55 Å². The normalized spacial score (nSPS) is 14.2. The zero-order valence-electron chi connectivity index (χ0n) is 10.9. The van der Waals surface area contributed by atoms with Crippen LogP contribution in [0.3, 0.4) is 0 Å². The number of benzene rings is 1. The number of phenolic OH excluding ortho intramolecular Hbond substituents is 1. The number of nitrogens with zero attached hydrogens (tertiary/aromatic N) is 2. The number of rotatable bonds is 1. The van der Waals surface area contributed by atoms with Crippen LogP contribution in [-0.2, 0) is 6.42 Å². The Morgan fingerprint density at radius 3 is 2.80 bits per heavy atom. The second-order valence-electron chi connectivity index (χ2n) is 4.90. The van der Waals surface area contributed by atoms with Gasteiger partial charge in [0, 0.05) is 29.8 Å². The molecule has 20 heavy (non-hydrogen) atoms. The Morgan fingerprint density at radius 2 is 2.00 bits per heavy atom. The van der Waals surface area contributed by atoms with Gasteiger partial charge in [0.1, 0.15) is 5.52 Å². The molecule has 0 radical (unpaired) electrons. The maximum absolute atomic E-state index is 12.3. The van der Waals surface area contributed by atoms with Crippen LogP contribution in [0.1, 0.15) is 16.9 Å². The van der Waals surface area contributed by atoms with E-state index in [9.17, 15) is 9.90 Å². The summed E-state index contributed by atoms with van der Waals surface area (Å²) in [6, 6.07) is 5.46. The molecule has 0 spiro atoms. The number of phenols is 1. The summed E-state index contributed by atoms with van der Waals surface area (Å²) in [5.41, 5.74) is 2.22. The van der Waals surface area contributed by atoms with Crippen molar-refractivity contribution in [2.24, 2.45) is 0 Å². The molecule has 0 fully saturated rings. The van der Waals surface area contributed by atoms with Crippen LogP contribution in [0.5, 0.6) is 11.5 Å². The summed E-state index contributed by atoms with van der Waals surface area (Å²) in [7, 11) is 1.49. The molecule has 1 N–H and O–H groups in total. The number of aromatic nitrogens is 2. The molecule has 0 amide bonds. The number of fused-ring (bicyclic) bond motifs is 3. The number of methoxy groups -OCH3 is 1. The number of ether oxygens (including phenoxy) is 1. The number of pyridine rings is 1. The van der Waals surface area contributed by atoms with Gasteiger partial charge in [0.05, 0.1) is 18.3 Å². The maximum atomic E-state index is 12.3. The summed E-state index contributed by atoms with van der Waals surface area (Å²) in [5, 5.41) is 12.2. The quantitative estimate of drug-likeness (QED) is 0.736. The van der Waals surface area contributed by atoms with Crippen molar-refractivity contribution in [3.05, 3.63) is 30.1 Å². The Kier molecular flexibility index (Phi) is 2.10. The van der Waals surface area contributed by atoms with Gasteiger partial charge in [-0.1, -0.05) is 0 Å². The Hall–Kier alpha value is -2.56. The summed E-state index contributed by atoms with van der Waals surface area (Å²) < 4.78 is 6.72. The van der Waals surface area contributed by atoms with E-state index < -0.39 is 0 Å². The van der Waals surface area contributed by atoms with E-state index in [0.29, 0.717) is 24.1 Å². The van der Waals surface area contributed by atoms with Crippen LogP contribution in [0.25, 0.3) is 21.8 Å². The lowest BCUT2D eigenvalue weighted by Gasteiger charge is -2.14. The fourth-order valence-electron chi connectivity index (χ4n) is 3.01. The Morgan fingerprint density at radius 1 is 1.20 bits per heavy atom. The lowest BCUT2D eigenvalue weighted by Crippen LogP contribution is -2.17. The summed E-state index contributed by atoms with van der Waals surface area (Å²) in [6.07, 6.45) is 2.79. The fourth-order valence-corrected chi connectivity index (χ4v) is 3.01. The van der Waals surface area contributed by atoms with Gasteiger partial charge in [0.25, 0.3) is 0 Å². The van der Waals surface area contributed by atoms with Crippen molar-refractivity contribution in [2.45, 2.75) is 12.8 Å². The highest BCUT2D eigenvalue weighted by atomic mass is 16.5. The topological polar surface area (TPSA) is 64.3 Å². The number of hydrogen-bond donors (Lipinski definition) is 1. The van der Waals surface area contributed by atoms with Crippen LogP contribution in [-0.4, -0.2) is 27.7 Å². The third kappa shape index (κ3) is 1.22. The SMILES string of the molecule is COc1ccc2c3ccnc4c3n(c2c1O)C(=O)CC4. The molecule has 1 aliphatic rings. The molecular formula is C15H12N2O3. The van der Waals surface area contributed by atoms with Crippen molar-refractivity contribution in [3.63, 3.8) is 0 Å². The molecule has 0 bridgehead atoms. The van der Waals surface area contributed by atoms with E-state index in [4.69, 9.17) is 4.74 Å². The first-order valence-corrected chi connectivity index (χ1v) is 6.43. The summed E-state index contributed by atoms with van der Waals surface area (Å²) in [4.78, 5) is 16.6. The summed E-state index contributed by atoms with van der Waals surface area (Å²) in [5.74, 6) is 0.348. The van der Waals surface area contributed by atoms with Gasteiger partial charge in [-0.25, -0.2) is 0 Å². The average Bonchev–Trinajstić information content (AvgIpc) is 2.81. The Bertz CT molecular complexity index is 880. The fraction of sp³-hybridized carbons (Fsp3) is 0.200. The minimum absolute atomic E-state index is 0.00222. The minimum Gasteiger partial charge on any atom is -0.503 e.